The van der Waals surface area contributed by atoms with Crippen molar-refractivity contribution in [2.45, 2.75) is 6.92 Å². The summed E-state index contributed by atoms with van der Waals surface area (Å²) in [5.74, 6) is -1.08. The van der Waals surface area contributed by atoms with Gasteiger partial charge in [0.25, 0.3) is 11.8 Å². The van der Waals surface area contributed by atoms with E-state index in [0.717, 1.165) is 0 Å². The third-order valence-corrected chi connectivity index (χ3v) is 3.39. The Morgan fingerprint density at radius 1 is 1.12 bits per heavy atom. The van der Waals surface area contributed by atoms with E-state index in [1.807, 2.05) is 0 Å². The SMILES string of the molecule is Cc1ccc(C(=O)NCCNC(=O)COc2ccccc2O)cc1F. The summed E-state index contributed by atoms with van der Waals surface area (Å²) in [6.45, 7) is 1.75. The van der Waals surface area contributed by atoms with E-state index in [1.54, 1.807) is 25.1 Å². The van der Waals surface area contributed by atoms with Gasteiger partial charge in [-0.3, -0.25) is 9.59 Å². The molecule has 2 aromatic carbocycles. The molecular weight excluding hydrogens is 327 g/mol. The van der Waals surface area contributed by atoms with Gasteiger partial charge < -0.3 is 20.5 Å². The highest BCUT2D eigenvalue weighted by atomic mass is 19.1. The molecule has 0 bridgehead atoms. The van der Waals surface area contributed by atoms with Crippen molar-refractivity contribution in [1.82, 2.24) is 10.6 Å². The molecule has 0 saturated carbocycles. The van der Waals surface area contributed by atoms with Crippen LogP contribution in [0.5, 0.6) is 11.5 Å². The lowest BCUT2D eigenvalue weighted by Crippen LogP contribution is -2.36. The topological polar surface area (TPSA) is 87.7 Å². The molecule has 0 aromatic heterocycles. The maximum absolute atomic E-state index is 13.4. The van der Waals surface area contributed by atoms with Crippen molar-refractivity contribution in [3.8, 4) is 11.5 Å². The molecule has 0 unspecified atom stereocenters. The molecule has 0 aliphatic rings. The molecule has 0 atom stereocenters. The van der Waals surface area contributed by atoms with E-state index in [1.165, 1.54) is 24.3 Å². The summed E-state index contributed by atoms with van der Waals surface area (Å²) in [5.41, 5.74) is 0.686. The first kappa shape index (κ1) is 18.3. The third kappa shape index (κ3) is 5.49. The van der Waals surface area contributed by atoms with E-state index < -0.39 is 11.7 Å². The predicted octanol–water partition coefficient (Wildman–Crippen LogP) is 1.76. The van der Waals surface area contributed by atoms with Crippen molar-refractivity contribution in [2.24, 2.45) is 0 Å². The van der Waals surface area contributed by atoms with Gasteiger partial charge in [0, 0.05) is 18.7 Å². The number of aromatic hydroxyl groups is 1. The number of ether oxygens (including phenoxy) is 1. The van der Waals surface area contributed by atoms with Crippen molar-refractivity contribution >= 4 is 11.8 Å². The number of para-hydroxylation sites is 2. The summed E-state index contributed by atoms with van der Waals surface area (Å²) in [6, 6.07) is 10.6. The maximum atomic E-state index is 13.4. The van der Waals surface area contributed by atoms with Gasteiger partial charge in [0.1, 0.15) is 5.82 Å². The van der Waals surface area contributed by atoms with Crippen LogP contribution in [0.1, 0.15) is 15.9 Å². The van der Waals surface area contributed by atoms with Crippen LogP contribution in [0.3, 0.4) is 0 Å². The van der Waals surface area contributed by atoms with Crippen LogP contribution in [-0.2, 0) is 4.79 Å². The number of halogens is 1. The van der Waals surface area contributed by atoms with Crippen LogP contribution in [-0.4, -0.2) is 36.6 Å². The highest BCUT2D eigenvalue weighted by Crippen LogP contribution is 2.23. The summed E-state index contributed by atoms with van der Waals surface area (Å²) in [4.78, 5) is 23.5. The second-order valence-corrected chi connectivity index (χ2v) is 5.33. The van der Waals surface area contributed by atoms with Gasteiger partial charge in [0.05, 0.1) is 0 Å². The molecule has 2 rings (SSSR count). The Kier molecular flexibility index (Phi) is 6.33. The second kappa shape index (κ2) is 8.68. The lowest BCUT2D eigenvalue weighted by atomic mass is 10.1. The van der Waals surface area contributed by atoms with E-state index >= 15 is 0 Å². The number of benzene rings is 2. The first-order chi connectivity index (χ1) is 12.0. The van der Waals surface area contributed by atoms with Crippen LogP contribution in [0.25, 0.3) is 0 Å². The number of phenolic OH excluding ortho intramolecular Hbond substituents is 1. The summed E-state index contributed by atoms with van der Waals surface area (Å²) in [7, 11) is 0. The van der Waals surface area contributed by atoms with Gasteiger partial charge in [-0.05, 0) is 36.8 Å². The van der Waals surface area contributed by atoms with Crippen LogP contribution >= 0.6 is 0 Å². The molecule has 25 heavy (non-hydrogen) atoms. The molecule has 3 N–H and O–H groups in total. The van der Waals surface area contributed by atoms with Crippen molar-refractivity contribution in [2.75, 3.05) is 19.7 Å². The Bertz CT molecular complexity index is 764. The number of amides is 2. The lowest BCUT2D eigenvalue weighted by Gasteiger charge is -2.09. The number of hydrogen-bond donors (Lipinski definition) is 3. The van der Waals surface area contributed by atoms with Gasteiger partial charge in [0.2, 0.25) is 0 Å². The first-order valence-electron chi connectivity index (χ1n) is 7.69. The molecule has 2 aromatic rings. The van der Waals surface area contributed by atoms with E-state index in [9.17, 15) is 19.1 Å². The van der Waals surface area contributed by atoms with Crippen LogP contribution in [0, 0.1) is 12.7 Å². The Balaban J connectivity index is 1.68. The fraction of sp³-hybridized carbons (Fsp3) is 0.222. The minimum absolute atomic E-state index is 0.0482. The minimum Gasteiger partial charge on any atom is -0.504 e. The van der Waals surface area contributed by atoms with E-state index in [0.29, 0.717) is 5.56 Å². The maximum Gasteiger partial charge on any atom is 0.258 e. The molecule has 0 aliphatic carbocycles. The molecule has 6 nitrogen and oxygen atoms in total. The van der Waals surface area contributed by atoms with Crippen LogP contribution in [0.15, 0.2) is 42.5 Å². The Morgan fingerprint density at radius 3 is 2.56 bits per heavy atom. The van der Waals surface area contributed by atoms with Gasteiger partial charge in [-0.2, -0.15) is 0 Å². The fourth-order valence-electron chi connectivity index (χ4n) is 1.99. The molecule has 0 fully saturated rings. The molecule has 0 spiro atoms. The quantitative estimate of drug-likeness (QED) is 0.667. The van der Waals surface area contributed by atoms with Gasteiger partial charge in [0.15, 0.2) is 18.1 Å². The minimum atomic E-state index is -0.442. The Hall–Kier alpha value is -3.09. The zero-order chi connectivity index (χ0) is 18.2. The van der Waals surface area contributed by atoms with Crippen LogP contribution in [0.2, 0.25) is 0 Å². The zero-order valence-electron chi connectivity index (χ0n) is 13.7. The molecule has 7 heteroatoms. The second-order valence-electron chi connectivity index (χ2n) is 5.33. The number of aryl methyl sites for hydroxylation is 1. The average Bonchev–Trinajstić information content (AvgIpc) is 2.60. The molecule has 0 aliphatic heterocycles. The predicted molar refractivity (Wildman–Crippen MR) is 90.1 cm³/mol. The Labute approximate surface area is 144 Å². The van der Waals surface area contributed by atoms with Gasteiger partial charge in [-0.25, -0.2) is 4.39 Å². The number of carbonyl (C=O) groups is 2. The van der Waals surface area contributed by atoms with Crippen molar-refractivity contribution < 1.29 is 23.8 Å². The van der Waals surface area contributed by atoms with Gasteiger partial charge in [-0.15, -0.1) is 0 Å². The van der Waals surface area contributed by atoms with E-state index in [4.69, 9.17) is 4.74 Å². The number of nitrogens with one attached hydrogen (secondary N) is 2. The molecule has 0 heterocycles. The van der Waals surface area contributed by atoms with E-state index in [2.05, 4.69) is 10.6 Å². The van der Waals surface area contributed by atoms with Crippen molar-refractivity contribution in [3.05, 3.63) is 59.4 Å². The lowest BCUT2D eigenvalue weighted by molar-refractivity contribution is -0.123. The third-order valence-electron chi connectivity index (χ3n) is 3.39. The van der Waals surface area contributed by atoms with Crippen molar-refractivity contribution in [1.29, 1.82) is 0 Å². The zero-order valence-corrected chi connectivity index (χ0v) is 13.7. The number of carbonyl (C=O) groups excluding carboxylic acids is 2. The molecule has 132 valence electrons. The Morgan fingerprint density at radius 2 is 1.84 bits per heavy atom. The summed E-state index contributed by atoms with van der Waals surface area (Å²) in [5, 5.41) is 14.7. The molecular formula is C18H19FN2O4. The van der Waals surface area contributed by atoms with Crippen molar-refractivity contribution in [3.63, 3.8) is 0 Å². The van der Waals surface area contributed by atoms with Crippen LogP contribution in [0.4, 0.5) is 4.39 Å². The van der Waals surface area contributed by atoms with Gasteiger partial charge in [-0.1, -0.05) is 18.2 Å². The molecule has 0 saturated heterocycles. The number of hydrogen-bond acceptors (Lipinski definition) is 4. The standard InChI is InChI=1S/C18H19FN2O4/c1-12-6-7-13(10-14(12)19)18(24)21-9-8-20-17(23)11-25-16-5-3-2-4-15(16)22/h2-7,10,22H,8-9,11H2,1H3,(H,20,23)(H,21,24). The largest absolute Gasteiger partial charge is 0.504 e. The highest BCUT2D eigenvalue weighted by Gasteiger charge is 2.08. The first-order valence-corrected chi connectivity index (χ1v) is 7.69. The van der Waals surface area contributed by atoms with Gasteiger partial charge >= 0.3 is 0 Å². The number of rotatable bonds is 7. The van der Waals surface area contributed by atoms with Crippen LogP contribution < -0.4 is 15.4 Å². The summed E-state index contributed by atoms with van der Waals surface area (Å²) >= 11 is 0. The smallest absolute Gasteiger partial charge is 0.258 e. The summed E-state index contributed by atoms with van der Waals surface area (Å²) < 4.78 is 18.6. The summed E-state index contributed by atoms with van der Waals surface area (Å²) in [6.07, 6.45) is 0. The number of phenols is 1. The average molecular weight is 346 g/mol. The molecule has 0 radical (unpaired) electrons. The monoisotopic (exact) mass is 346 g/mol. The normalized spacial score (nSPS) is 10.2. The highest BCUT2D eigenvalue weighted by molar-refractivity contribution is 5.94. The van der Waals surface area contributed by atoms with E-state index in [-0.39, 0.29) is 42.7 Å². The fourth-order valence-corrected chi connectivity index (χ4v) is 1.99. The molecule has 2 amide bonds.